The molecule has 1 aromatic carbocycles. The zero-order valence-electron chi connectivity index (χ0n) is 18.0. The molecule has 0 N–H and O–H groups in total. The Morgan fingerprint density at radius 3 is 2.60 bits per heavy atom. The van der Waals surface area contributed by atoms with Crippen LogP contribution in [-0.4, -0.2) is 46.3 Å². The normalized spacial score (nSPS) is 15.9. The molecule has 5 nitrogen and oxygen atoms in total. The number of fused-ring (bicyclic) bond motifs is 1. The Balaban J connectivity index is 1.62. The van der Waals surface area contributed by atoms with E-state index in [9.17, 15) is 4.79 Å². The molecule has 30 heavy (non-hydrogen) atoms. The molecule has 0 bridgehead atoms. The molecule has 0 radical (unpaired) electrons. The molecule has 1 aliphatic rings. The number of rotatable bonds is 8. The van der Waals surface area contributed by atoms with Crippen molar-refractivity contribution >= 4 is 11.4 Å². The number of ketones is 1. The smallest absolute Gasteiger partial charge is 0.182 e. The van der Waals surface area contributed by atoms with Crippen molar-refractivity contribution in [2.75, 3.05) is 26.2 Å². The van der Waals surface area contributed by atoms with Gasteiger partial charge in [0, 0.05) is 25.1 Å². The van der Waals surface area contributed by atoms with Gasteiger partial charge in [-0.2, -0.15) is 0 Å². The molecule has 3 heterocycles. The molecule has 3 aromatic rings. The van der Waals surface area contributed by atoms with Crippen molar-refractivity contribution in [2.45, 2.75) is 45.4 Å². The van der Waals surface area contributed by atoms with Crippen LogP contribution in [0.3, 0.4) is 0 Å². The number of likely N-dealkylation sites (tertiary alicyclic amines) is 1. The summed E-state index contributed by atoms with van der Waals surface area (Å²) in [6.45, 7) is 7.62. The third-order valence-corrected chi connectivity index (χ3v) is 5.98. The van der Waals surface area contributed by atoms with Gasteiger partial charge in [-0.1, -0.05) is 36.8 Å². The largest absolute Gasteiger partial charge is 0.490 e. The second kappa shape index (κ2) is 9.43. The molecule has 4 rings (SSSR count). The van der Waals surface area contributed by atoms with Crippen molar-refractivity contribution < 1.29 is 9.53 Å². The third kappa shape index (κ3) is 4.41. The average Bonchev–Trinajstić information content (AvgIpc) is 3.12. The van der Waals surface area contributed by atoms with Crippen molar-refractivity contribution in [3.8, 4) is 5.75 Å². The van der Waals surface area contributed by atoms with Gasteiger partial charge in [-0.25, -0.2) is 4.98 Å². The Morgan fingerprint density at radius 2 is 1.87 bits per heavy atom. The van der Waals surface area contributed by atoms with Crippen LogP contribution >= 0.6 is 0 Å². The highest BCUT2D eigenvalue weighted by molar-refractivity contribution is 5.97. The van der Waals surface area contributed by atoms with E-state index >= 15 is 0 Å². The van der Waals surface area contributed by atoms with E-state index in [0.29, 0.717) is 24.4 Å². The minimum absolute atomic E-state index is 0.138. The van der Waals surface area contributed by atoms with E-state index in [-0.39, 0.29) is 11.7 Å². The van der Waals surface area contributed by atoms with Gasteiger partial charge in [0.2, 0.25) is 0 Å². The number of carbonyl (C=O) groups excluding carboxylic acids is 1. The molecule has 0 unspecified atom stereocenters. The number of benzene rings is 1. The second-order valence-electron chi connectivity index (χ2n) is 8.14. The number of hydrogen-bond acceptors (Lipinski definition) is 4. The van der Waals surface area contributed by atoms with Crippen LogP contribution in [-0.2, 0) is 0 Å². The van der Waals surface area contributed by atoms with Crippen LogP contribution < -0.4 is 4.74 Å². The maximum absolute atomic E-state index is 13.5. The molecule has 2 aromatic heterocycles. The van der Waals surface area contributed by atoms with Gasteiger partial charge in [0.15, 0.2) is 17.2 Å². The maximum Gasteiger partial charge on any atom is 0.182 e. The summed E-state index contributed by atoms with van der Waals surface area (Å²) in [5.74, 6) is 1.03. The SMILES string of the molecule is CCOc1cccn2c(C(=O)C[C@@H](CN3CCCCC3)c3ccccc3)c(C)nc12. The Kier molecular flexibility index (Phi) is 6.48. The molecule has 0 amide bonds. The molecule has 158 valence electrons. The van der Waals surface area contributed by atoms with E-state index < -0.39 is 0 Å². The first-order chi connectivity index (χ1) is 14.7. The summed E-state index contributed by atoms with van der Waals surface area (Å²) in [7, 11) is 0. The number of Topliss-reactive ketones (excluding diaryl/α,β-unsaturated/α-hetero) is 1. The second-order valence-corrected chi connectivity index (χ2v) is 8.14. The van der Waals surface area contributed by atoms with Gasteiger partial charge in [0.1, 0.15) is 5.69 Å². The molecular formula is C25H31N3O2. The molecule has 1 atom stereocenters. The summed E-state index contributed by atoms with van der Waals surface area (Å²) in [6.07, 6.45) is 6.21. The lowest BCUT2D eigenvalue weighted by Gasteiger charge is -2.30. The van der Waals surface area contributed by atoms with Crippen LogP contribution in [0.5, 0.6) is 5.75 Å². The maximum atomic E-state index is 13.5. The molecule has 1 aliphatic heterocycles. The van der Waals surface area contributed by atoms with Crippen molar-refractivity contribution in [2.24, 2.45) is 0 Å². The number of imidazole rings is 1. The summed E-state index contributed by atoms with van der Waals surface area (Å²) in [5.41, 5.74) is 3.38. The van der Waals surface area contributed by atoms with Crippen LogP contribution in [0.4, 0.5) is 0 Å². The van der Waals surface area contributed by atoms with E-state index in [2.05, 4.69) is 34.1 Å². The summed E-state index contributed by atoms with van der Waals surface area (Å²) >= 11 is 0. The van der Waals surface area contributed by atoms with Gasteiger partial charge in [0.05, 0.1) is 12.3 Å². The third-order valence-electron chi connectivity index (χ3n) is 5.98. The van der Waals surface area contributed by atoms with Crippen LogP contribution in [0.25, 0.3) is 5.65 Å². The predicted molar refractivity (Wildman–Crippen MR) is 120 cm³/mol. The lowest BCUT2D eigenvalue weighted by atomic mass is 9.91. The summed E-state index contributed by atoms with van der Waals surface area (Å²) < 4.78 is 7.61. The molecular weight excluding hydrogens is 374 g/mol. The fraction of sp³-hybridized carbons (Fsp3) is 0.440. The quantitative estimate of drug-likeness (QED) is 0.501. The van der Waals surface area contributed by atoms with Gasteiger partial charge in [0.25, 0.3) is 0 Å². The van der Waals surface area contributed by atoms with Crippen LogP contribution in [0.15, 0.2) is 48.7 Å². The van der Waals surface area contributed by atoms with Crippen LogP contribution in [0, 0.1) is 6.92 Å². The van der Waals surface area contributed by atoms with E-state index in [4.69, 9.17) is 4.74 Å². The van der Waals surface area contributed by atoms with E-state index in [1.165, 1.54) is 24.8 Å². The van der Waals surface area contributed by atoms with Crippen LogP contribution in [0.2, 0.25) is 0 Å². The van der Waals surface area contributed by atoms with Gasteiger partial charge in [-0.15, -0.1) is 0 Å². The average molecular weight is 406 g/mol. The Hall–Kier alpha value is -2.66. The highest BCUT2D eigenvalue weighted by Gasteiger charge is 2.25. The number of aromatic nitrogens is 2. The lowest BCUT2D eigenvalue weighted by Crippen LogP contribution is -2.34. The number of carbonyl (C=O) groups is 1. The number of nitrogens with zero attached hydrogens (tertiary/aromatic N) is 3. The van der Waals surface area contributed by atoms with Crippen molar-refractivity contribution in [3.05, 3.63) is 65.6 Å². The van der Waals surface area contributed by atoms with Crippen molar-refractivity contribution in [3.63, 3.8) is 0 Å². The van der Waals surface area contributed by atoms with Gasteiger partial charge in [-0.05, 0) is 57.5 Å². The first-order valence-corrected chi connectivity index (χ1v) is 11.1. The van der Waals surface area contributed by atoms with E-state index in [1.807, 2.05) is 42.6 Å². The van der Waals surface area contributed by atoms with Crippen molar-refractivity contribution in [1.29, 1.82) is 0 Å². The minimum Gasteiger partial charge on any atom is -0.490 e. The Bertz CT molecular complexity index is 990. The first-order valence-electron chi connectivity index (χ1n) is 11.1. The Labute approximate surface area is 178 Å². The molecule has 5 heteroatoms. The Morgan fingerprint density at radius 1 is 1.10 bits per heavy atom. The molecule has 0 spiro atoms. The number of pyridine rings is 1. The zero-order valence-corrected chi connectivity index (χ0v) is 18.0. The topological polar surface area (TPSA) is 46.8 Å². The van der Waals surface area contributed by atoms with E-state index in [0.717, 1.165) is 31.1 Å². The van der Waals surface area contributed by atoms with Crippen molar-refractivity contribution in [1.82, 2.24) is 14.3 Å². The zero-order chi connectivity index (χ0) is 20.9. The number of piperidine rings is 1. The highest BCUT2D eigenvalue weighted by Crippen LogP contribution is 2.28. The highest BCUT2D eigenvalue weighted by atomic mass is 16.5. The predicted octanol–water partition coefficient (Wildman–Crippen LogP) is 4.88. The van der Waals surface area contributed by atoms with E-state index in [1.54, 1.807) is 0 Å². The number of hydrogen-bond donors (Lipinski definition) is 0. The monoisotopic (exact) mass is 405 g/mol. The molecule has 1 fully saturated rings. The number of ether oxygens (including phenoxy) is 1. The minimum atomic E-state index is 0.138. The summed E-state index contributed by atoms with van der Waals surface area (Å²) in [4.78, 5) is 20.7. The molecule has 1 saturated heterocycles. The van der Waals surface area contributed by atoms with Gasteiger partial charge < -0.3 is 9.64 Å². The summed E-state index contributed by atoms with van der Waals surface area (Å²) in [5, 5.41) is 0. The lowest BCUT2D eigenvalue weighted by molar-refractivity contribution is 0.0956. The van der Waals surface area contributed by atoms with Gasteiger partial charge in [-0.3, -0.25) is 9.20 Å². The fourth-order valence-electron chi connectivity index (χ4n) is 4.55. The summed E-state index contributed by atoms with van der Waals surface area (Å²) in [6, 6.07) is 14.3. The first kappa shape index (κ1) is 20.6. The van der Waals surface area contributed by atoms with Gasteiger partial charge >= 0.3 is 0 Å². The van der Waals surface area contributed by atoms with Crippen LogP contribution in [0.1, 0.15) is 60.3 Å². The molecule has 0 saturated carbocycles. The molecule has 0 aliphatic carbocycles. The number of aryl methyl sites for hydroxylation is 1. The standard InChI is InChI=1S/C25H31N3O2/c1-3-30-23-13-10-16-28-24(19(2)26-25(23)28)22(29)17-21(20-11-6-4-7-12-20)18-27-14-8-5-9-15-27/h4,6-7,10-13,16,21H,3,5,8-9,14-15,17-18H2,1-2H3/t21-/m0/s1. The fourth-order valence-corrected chi connectivity index (χ4v) is 4.55.